The van der Waals surface area contributed by atoms with Crippen LogP contribution < -0.4 is 0 Å². The average molecular weight is 233 g/mol. The van der Waals surface area contributed by atoms with Gasteiger partial charge in [0.05, 0.1) is 18.0 Å². The fourth-order valence-electron chi connectivity index (χ4n) is 1.22. The Balaban J connectivity index is 2.57. The third-order valence-corrected chi connectivity index (χ3v) is 2.55. The minimum absolute atomic E-state index is 0.0625. The van der Waals surface area contributed by atoms with Gasteiger partial charge in [-0.05, 0) is 29.3 Å². The molecule has 2 rings (SSSR count). The van der Waals surface area contributed by atoms with Crippen LogP contribution in [0.15, 0.2) is 35.5 Å². The van der Waals surface area contributed by atoms with Crippen molar-refractivity contribution in [3.05, 3.63) is 36.2 Å². The highest BCUT2D eigenvalue weighted by molar-refractivity contribution is 7.79. The number of hydrogen-bond acceptors (Lipinski definition) is 5. The van der Waals surface area contributed by atoms with Crippen molar-refractivity contribution in [3.63, 3.8) is 0 Å². The van der Waals surface area contributed by atoms with E-state index >= 15 is 0 Å². The lowest BCUT2D eigenvalue weighted by atomic mass is 10.2. The fourth-order valence-corrected chi connectivity index (χ4v) is 1.62. The van der Waals surface area contributed by atoms with Crippen LogP contribution in [0.25, 0.3) is 5.69 Å². The quantitative estimate of drug-likeness (QED) is 0.698. The van der Waals surface area contributed by atoms with Crippen molar-refractivity contribution in [2.24, 2.45) is 0 Å². The highest BCUT2D eigenvalue weighted by Gasteiger charge is 2.06. The van der Waals surface area contributed by atoms with E-state index in [1.54, 1.807) is 0 Å². The molecule has 16 heavy (non-hydrogen) atoms. The Labute approximate surface area is 93.4 Å². The van der Waals surface area contributed by atoms with E-state index in [0.29, 0.717) is 5.69 Å². The summed E-state index contributed by atoms with van der Waals surface area (Å²) in [4.78, 5) is 1.32. The molecule has 1 atom stereocenters. The van der Waals surface area contributed by atoms with Crippen molar-refractivity contribution in [1.82, 2.24) is 15.0 Å². The molecule has 0 aliphatic carbocycles. The monoisotopic (exact) mass is 233 g/mol. The van der Waals surface area contributed by atoms with Crippen LogP contribution in [0.1, 0.15) is 5.56 Å². The van der Waals surface area contributed by atoms with Crippen LogP contribution in [0.5, 0.6) is 0 Å². The Kier molecular flexibility index (Phi) is 2.76. The van der Waals surface area contributed by atoms with E-state index in [-0.39, 0.29) is 10.5 Å². The number of hydrogen-bond donors (Lipinski definition) is 0. The van der Waals surface area contributed by atoms with Gasteiger partial charge in [-0.15, -0.1) is 0 Å². The molecule has 0 saturated heterocycles. The molecule has 1 aromatic heterocycles. The van der Waals surface area contributed by atoms with Crippen LogP contribution in [0, 0.1) is 11.3 Å². The minimum atomic E-state index is -2.35. The van der Waals surface area contributed by atoms with Crippen LogP contribution >= 0.6 is 0 Å². The van der Waals surface area contributed by atoms with Gasteiger partial charge in [0.2, 0.25) is 0 Å². The van der Waals surface area contributed by atoms with E-state index in [1.807, 2.05) is 6.07 Å². The number of nitrogens with zero attached hydrogens (tertiary/aromatic N) is 4. The van der Waals surface area contributed by atoms with E-state index in [2.05, 4.69) is 10.2 Å². The number of benzene rings is 1. The normalized spacial score (nSPS) is 12.0. The average Bonchev–Trinajstić information content (AvgIpc) is 2.81. The molecule has 0 bridgehead atoms. The summed E-state index contributed by atoms with van der Waals surface area (Å²) in [7, 11) is 0. The number of nitriles is 1. The number of rotatable bonds is 2. The third-order valence-electron chi connectivity index (χ3n) is 1.92. The summed E-state index contributed by atoms with van der Waals surface area (Å²) >= 11 is -2.35. The molecule has 1 heterocycles. The molecule has 2 aromatic rings. The van der Waals surface area contributed by atoms with Gasteiger partial charge in [0.15, 0.2) is 0 Å². The van der Waals surface area contributed by atoms with Gasteiger partial charge in [0, 0.05) is 4.90 Å². The van der Waals surface area contributed by atoms with Crippen LogP contribution in [0.4, 0.5) is 0 Å². The second-order valence-electron chi connectivity index (χ2n) is 2.84. The lowest BCUT2D eigenvalue weighted by molar-refractivity contribution is 0.537. The number of aromatic nitrogens is 3. The zero-order valence-corrected chi connectivity index (χ0v) is 8.72. The molecule has 7 heteroatoms. The Bertz CT molecular complexity index is 574. The van der Waals surface area contributed by atoms with Crippen molar-refractivity contribution in [2.75, 3.05) is 0 Å². The first-order valence-corrected chi connectivity index (χ1v) is 5.30. The first-order chi connectivity index (χ1) is 7.72. The highest BCUT2D eigenvalue weighted by atomic mass is 32.2. The Morgan fingerprint density at radius 1 is 1.38 bits per heavy atom. The van der Waals surface area contributed by atoms with Gasteiger partial charge in [-0.25, -0.2) is 0 Å². The molecule has 0 aliphatic rings. The van der Waals surface area contributed by atoms with E-state index in [4.69, 9.17) is 5.26 Å². The molecule has 1 aromatic carbocycles. The molecular formula is C9H5N4O2S-. The summed E-state index contributed by atoms with van der Waals surface area (Å²) in [5.41, 5.74) is 0.652. The van der Waals surface area contributed by atoms with Crippen LogP contribution in [-0.2, 0) is 11.1 Å². The molecule has 0 N–H and O–H groups in total. The first kappa shape index (κ1) is 10.5. The van der Waals surface area contributed by atoms with Gasteiger partial charge in [-0.2, -0.15) is 20.3 Å². The molecule has 1 unspecified atom stereocenters. The topological polar surface area (TPSA) is 94.6 Å². The Morgan fingerprint density at radius 3 is 2.62 bits per heavy atom. The zero-order chi connectivity index (χ0) is 11.5. The fraction of sp³-hybridized carbons (Fsp3) is 0. The Hall–Kier alpha value is -2.04. The summed E-state index contributed by atoms with van der Waals surface area (Å²) in [5.74, 6) is 0. The summed E-state index contributed by atoms with van der Waals surface area (Å²) in [6.45, 7) is 0. The molecule has 0 amide bonds. The SMILES string of the molecule is N#Cc1cc(S(=O)[O-])ccc1-n1nccn1. The summed E-state index contributed by atoms with van der Waals surface area (Å²) in [6.07, 6.45) is 2.95. The van der Waals surface area contributed by atoms with Crippen molar-refractivity contribution in [3.8, 4) is 11.8 Å². The minimum Gasteiger partial charge on any atom is -0.768 e. The van der Waals surface area contributed by atoms with Gasteiger partial charge < -0.3 is 4.55 Å². The van der Waals surface area contributed by atoms with Gasteiger partial charge in [-0.3, -0.25) is 4.21 Å². The molecule has 0 spiro atoms. The van der Waals surface area contributed by atoms with Crippen LogP contribution in [-0.4, -0.2) is 23.8 Å². The van der Waals surface area contributed by atoms with Crippen molar-refractivity contribution >= 4 is 11.1 Å². The predicted molar refractivity (Wildman–Crippen MR) is 53.3 cm³/mol. The molecule has 80 valence electrons. The van der Waals surface area contributed by atoms with E-state index in [1.165, 1.54) is 35.4 Å². The van der Waals surface area contributed by atoms with Gasteiger partial charge in [-0.1, -0.05) is 0 Å². The molecule has 0 radical (unpaired) electrons. The zero-order valence-electron chi connectivity index (χ0n) is 7.90. The second kappa shape index (κ2) is 4.22. The second-order valence-corrected chi connectivity index (χ2v) is 3.78. The van der Waals surface area contributed by atoms with Crippen molar-refractivity contribution in [2.45, 2.75) is 4.90 Å². The summed E-state index contributed by atoms with van der Waals surface area (Å²) < 4.78 is 21.4. The van der Waals surface area contributed by atoms with E-state index in [0.717, 1.165) is 0 Å². The predicted octanol–water partition coefficient (Wildman–Crippen LogP) is 0.377. The maximum absolute atomic E-state index is 10.7. The van der Waals surface area contributed by atoms with Gasteiger partial charge in [0.25, 0.3) is 0 Å². The molecular weight excluding hydrogens is 228 g/mol. The van der Waals surface area contributed by atoms with Gasteiger partial charge in [0.1, 0.15) is 11.8 Å². The largest absolute Gasteiger partial charge is 0.768 e. The van der Waals surface area contributed by atoms with Crippen LogP contribution in [0.2, 0.25) is 0 Å². The van der Waals surface area contributed by atoms with E-state index in [9.17, 15) is 8.76 Å². The summed E-state index contributed by atoms with van der Waals surface area (Å²) in [6, 6.07) is 6.07. The summed E-state index contributed by atoms with van der Waals surface area (Å²) in [5, 5.41) is 16.6. The third kappa shape index (κ3) is 1.84. The smallest absolute Gasteiger partial charge is 0.103 e. The van der Waals surface area contributed by atoms with Gasteiger partial charge >= 0.3 is 0 Å². The van der Waals surface area contributed by atoms with Crippen LogP contribution in [0.3, 0.4) is 0 Å². The maximum atomic E-state index is 10.7. The van der Waals surface area contributed by atoms with E-state index < -0.39 is 11.1 Å². The van der Waals surface area contributed by atoms with Crippen molar-refractivity contribution < 1.29 is 8.76 Å². The standard InChI is InChI=1S/C9H6N4O2S/c10-6-7-5-8(16(14)15)1-2-9(7)13-11-3-4-12-13/h1-5H,(H,14,15)/p-1. The molecule has 0 saturated carbocycles. The molecule has 0 fully saturated rings. The molecule has 0 aliphatic heterocycles. The van der Waals surface area contributed by atoms with Crippen molar-refractivity contribution in [1.29, 1.82) is 5.26 Å². The highest BCUT2D eigenvalue weighted by Crippen LogP contribution is 2.15. The maximum Gasteiger partial charge on any atom is 0.103 e. The Morgan fingerprint density at radius 2 is 2.06 bits per heavy atom. The molecule has 6 nitrogen and oxygen atoms in total. The first-order valence-electron chi connectivity index (χ1n) is 4.22. The lowest BCUT2D eigenvalue weighted by Crippen LogP contribution is -2.02. The lowest BCUT2D eigenvalue weighted by Gasteiger charge is -2.07.